The van der Waals surface area contributed by atoms with Crippen LogP contribution in [0.5, 0.6) is 5.88 Å². The van der Waals surface area contributed by atoms with Crippen molar-refractivity contribution in [3.63, 3.8) is 0 Å². The smallest absolute Gasteiger partial charge is 0.422 e. The van der Waals surface area contributed by atoms with Crippen LogP contribution in [0.15, 0.2) is 42.6 Å². The van der Waals surface area contributed by atoms with Gasteiger partial charge >= 0.3 is 12.2 Å². The predicted octanol–water partition coefficient (Wildman–Crippen LogP) is 3.49. The number of carbonyl (C=O) groups is 1. The van der Waals surface area contributed by atoms with E-state index in [0.29, 0.717) is 18.6 Å². The lowest BCUT2D eigenvalue weighted by atomic mass is 10.0. The first-order chi connectivity index (χ1) is 13.8. The Labute approximate surface area is 164 Å². The number of carbonyl (C=O) groups excluding carboxylic acids is 1. The predicted molar refractivity (Wildman–Crippen MR) is 94.7 cm³/mol. The maximum atomic E-state index is 13.1. The Morgan fingerprint density at radius 1 is 1.24 bits per heavy atom. The third kappa shape index (κ3) is 6.31. The second-order valence-corrected chi connectivity index (χ2v) is 6.47. The minimum absolute atomic E-state index is 0.0749. The molecular formula is C19H19F4N3O3. The number of alkyl halides is 3. The zero-order valence-electron chi connectivity index (χ0n) is 15.2. The van der Waals surface area contributed by atoms with Gasteiger partial charge in [-0.05, 0) is 35.7 Å². The number of urea groups is 1. The molecule has 3 rings (SSSR count). The normalized spacial score (nSPS) is 19.0. The molecule has 2 N–H and O–H groups in total. The molecule has 6 nitrogen and oxygen atoms in total. The second kappa shape index (κ2) is 9.08. The van der Waals surface area contributed by atoms with Gasteiger partial charge in [0.1, 0.15) is 11.9 Å². The van der Waals surface area contributed by atoms with Gasteiger partial charge in [0.25, 0.3) is 0 Å². The molecule has 2 amide bonds. The molecule has 0 aliphatic carbocycles. The van der Waals surface area contributed by atoms with Gasteiger partial charge in [-0.1, -0.05) is 12.1 Å². The summed E-state index contributed by atoms with van der Waals surface area (Å²) >= 11 is 0. The van der Waals surface area contributed by atoms with Gasteiger partial charge in [-0.25, -0.2) is 14.2 Å². The number of nitrogens with zero attached hydrogens (tertiary/aromatic N) is 1. The molecule has 1 aliphatic rings. The van der Waals surface area contributed by atoms with Crippen molar-refractivity contribution in [3.8, 4) is 5.88 Å². The number of nitrogens with one attached hydrogen (secondary N) is 2. The van der Waals surface area contributed by atoms with Gasteiger partial charge in [0.15, 0.2) is 6.61 Å². The lowest BCUT2D eigenvalue weighted by Crippen LogP contribution is -2.43. The molecule has 29 heavy (non-hydrogen) atoms. The van der Waals surface area contributed by atoms with Crippen molar-refractivity contribution in [2.45, 2.75) is 31.3 Å². The summed E-state index contributed by atoms with van der Waals surface area (Å²) in [5, 5.41) is 5.44. The maximum absolute atomic E-state index is 13.1. The van der Waals surface area contributed by atoms with Crippen LogP contribution in [0, 0.1) is 5.82 Å². The summed E-state index contributed by atoms with van der Waals surface area (Å²) in [5.41, 5.74) is 1.29. The van der Waals surface area contributed by atoms with Crippen molar-refractivity contribution in [2.75, 3.05) is 13.2 Å². The van der Waals surface area contributed by atoms with Gasteiger partial charge in [-0.15, -0.1) is 0 Å². The van der Waals surface area contributed by atoms with Crippen molar-refractivity contribution >= 4 is 6.03 Å². The number of aromatic nitrogens is 1. The van der Waals surface area contributed by atoms with E-state index in [0.717, 1.165) is 5.56 Å². The third-order valence-corrected chi connectivity index (χ3v) is 4.24. The topological polar surface area (TPSA) is 72.5 Å². The molecule has 1 unspecified atom stereocenters. The highest BCUT2D eigenvalue weighted by Gasteiger charge is 2.31. The molecule has 0 saturated carbocycles. The average molecular weight is 413 g/mol. The van der Waals surface area contributed by atoms with Crippen molar-refractivity contribution in [2.24, 2.45) is 0 Å². The van der Waals surface area contributed by atoms with Crippen LogP contribution >= 0.6 is 0 Å². The Morgan fingerprint density at radius 2 is 2.00 bits per heavy atom. The number of hydrogen-bond donors (Lipinski definition) is 2. The van der Waals surface area contributed by atoms with Gasteiger partial charge in [0.05, 0.1) is 6.04 Å². The molecule has 0 radical (unpaired) electrons. The first-order valence-electron chi connectivity index (χ1n) is 8.86. The van der Waals surface area contributed by atoms with E-state index in [1.807, 2.05) is 0 Å². The number of benzene rings is 1. The Hall–Kier alpha value is -2.88. The summed E-state index contributed by atoms with van der Waals surface area (Å²) in [7, 11) is 0. The van der Waals surface area contributed by atoms with Crippen LogP contribution in [0.1, 0.15) is 23.7 Å². The number of hydrogen-bond acceptors (Lipinski definition) is 4. The SMILES string of the molecule is O=C(NCc1ccnc(OCC(F)(F)F)c1)NC1CCO[C@H]1c1ccc(F)cc1. The highest BCUT2D eigenvalue weighted by molar-refractivity contribution is 5.74. The van der Waals surface area contributed by atoms with Crippen molar-refractivity contribution in [3.05, 3.63) is 59.5 Å². The molecule has 10 heteroatoms. The molecule has 2 atom stereocenters. The Balaban J connectivity index is 1.51. The molecule has 1 aliphatic heterocycles. The summed E-state index contributed by atoms with van der Waals surface area (Å²) in [6, 6.07) is 8.01. The molecule has 0 bridgehead atoms. The zero-order valence-corrected chi connectivity index (χ0v) is 15.2. The van der Waals surface area contributed by atoms with Crippen LogP contribution in [-0.4, -0.2) is 36.4 Å². The van der Waals surface area contributed by atoms with Crippen molar-refractivity contribution < 1.29 is 31.8 Å². The largest absolute Gasteiger partial charge is 0.468 e. The van der Waals surface area contributed by atoms with Crippen LogP contribution in [0.4, 0.5) is 22.4 Å². The number of ether oxygens (including phenoxy) is 2. The lowest BCUT2D eigenvalue weighted by Gasteiger charge is -2.20. The minimum atomic E-state index is -4.46. The molecule has 1 saturated heterocycles. The maximum Gasteiger partial charge on any atom is 0.422 e. The lowest BCUT2D eigenvalue weighted by molar-refractivity contribution is -0.154. The molecule has 156 valence electrons. The van der Waals surface area contributed by atoms with Crippen LogP contribution < -0.4 is 15.4 Å². The Kier molecular flexibility index (Phi) is 6.53. The highest BCUT2D eigenvalue weighted by atomic mass is 19.4. The standard InChI is InChI=1S/C19H19F4N3O3/c20-14-3-1-13(2-4-14)17-15(6-8-28-17)26-18(27)25-10-12-5-7-24-16(9-12)29-11-19(21,22)23/h1-5,7,9,15,17H,6,8,10-11H2,(H2,25,26,27)/t15?,17-/m0/s1. The van der Waals surface area contributed by atoms with Gasteiger partial charge in [-0.3, -0.25) is 0 Å². The van der Waals surface area contributed by atoms with E-state index < -0.39 is 18.8 Å². The molecule has 0 spiro atoms. The number of amides is 2. The molecule has 1 fully saturated rings. The van der Waals surface area contributed by atoms with E-state index in [4.69, 9.17) is 4.74 Å². The van der Waals surface area contributed by atoms with E-state index in [-0.39, 0.29) is 30.4 Å². The second-order valence-electron chi connectivity index (χ2n) is 6.47. The van der Waals surface area contributed by atoms with Gasteiger partial charge in [0.2, 0.25) is 5.88 Å². The van der Waals surface area contributed by atoms with Gasteiger partial charge < -0.3 is 20.1 Å². The van der Waals surface area contributed by atoms with Crippen LogP contribution in [0.25, 0.3) is 0 Å². The minimum Gasteiger partial charge on any atom is -0.468 e. The molecular weight excluding hydrogens is 394 g/mol. The van der Waals surface area contributed by atoms with Crippen molar-refractivity contribution in [1.29, 1.82) is 0 Å². The quantitative estimate of drug-likeness (QED) is 0.712. The first kappa shape index (κ1) is 20.8. The summed E-state index contributed by atoms with van der Waals surface area (Å²) in [6.07, 6.45) is -2.94. The summed E-state index contributed by atoms with van der Waals surface area (Å²) in [5.74, 6) is -0.535. The fourth-order valence-corrected chi connectivity index (χ4v) is 2.92. The first-order valence-corrected chi connectivity index (χ1v) is 8.86. The number of halogens is 4. The highest BCUT2D eigenvalue weighted by Crippen LogP contribution is 2.29. The molecule has 1 aromatic carbocycles. The van der Waals surface area contributed by atoms with Crippen LogP contribution in [0.3, 0.4) is 0 Å². The van der Waals surface area contributed by atoms with E-state index >= 15 is 0 Å². The van der Waals surface area contributed by atoms with E-state index in [9.17, 15) is 22.4 Å². The number of rotatable bonds is 6. The summed E-state index contributed by atoms with van der Waals surface area (Å²) < 4.78 is 60.0. The fraction of sp³-hybridized carbons (Fsp3) is 0.368. The third-order valence-electron chi connectivity index (χ3n) is 4.24. The zero-order chi connectivity index (χ0) is 20.9. The van der Waals surface area contributed by atoms with E-state index in [1.165, 1.54) is 24.4 Å². The number of pyridine rings is 1. The molecule has 2 aromatic rings. The Bertz CT molecular complexity index is 830. The monoisotopic (exact) mass is 413 g/mol. The van der Waals surface area contributed by atoms with E-state index in [1.54, 1.807) is 18.2 Å². The van der Waals surface area contributed by atoms with Gasteiger partial charge in [-0.2, -0.15) is 13.2 Å². The van der Waals surface area contributed by atoms with Crippen LogP contribution in [0.2, 0.25) is 0 Å². The summed E-state index contributed by atoms with van der Waals surface area (Å²) in [6.45, 7) is -0.910. The summed E-state index contributed by atoms with van der Waals surface area (Å²) in [4.78, 5) is 15.9. The van der Waals surface area contributed by atoms with Gasteiger partial charge in [0, 0.05) is 25.4 Å². The van der Waals surface area contributed by atoms with Crippen molar-refractivity contribution in [1.82, 2.24) is 15.6 Å². The van der Waals surface area contributed by atoms with E-state index in [2.05, 4.69) is 20.4 Å². The fourth-order valence-electron chi connectivity index (χ4n) is 2.92. The Morgan fingerprint density at radius 3 is 2.72 bits per heavy atom. The molecule has 1 aromatic heterocycles. The van der Waals surface area contributed by atoms with Crippen LogP contribution in [-0.2, 0) is 11.3 Å². The average Bonchev–Trinajstić information content (AvgIpc) is 3.13. The molecule has 2 heterocycles.